The summed E-state index contributed by atoms with van der Waals surface area (Å²) in [7, 11) is 1.54. The maximum absolute atomic E-state index is 13.0. The quantitative estimate of drug-likeness (QED) is 0.397. The normalized spacial score (nSPS) is 11.4. The molecule has 0 N–H and O–H groups in total. The fourth-order valence-corrected chi connectivity index (χ4v) is 3.37. The summed E-state index contributed by atoms with van der Waals surface area (Å²) in [6.07, 6.45) is -2.62. The molecule has 5 nitrogen and oxygen atoms in total. The molecular formula is C24H24ClF3N2O3. The number of hydrogen-bond donors (Lipinski definition) is 0. The molecule has 9 heteroatoms. The number of rotatable bonds is 10. The number of aromatic nitrogens is 1. The summed E-state index contributed by atoms with van der Waals surface area (Å²) in [5.74, 6) is 0.279. The molecule has 0 aliphatic heterocycles. The van der Waals surface area contributed by atoms with E-state index in [1.807, 2.05) is 10.6 Å². The maximum atomic E-state index is 13.0. The zero-order valence-corrected chi connectivity index (χ0v) is 18.8. The highest BCUT2D eigenvalue weighted by Crippen LogP contribution is 2.29. The van der Waals surface area contributed by atoms with Crippen molar-refractivity contribution in [2.45, 2.75) is 19.3 Å². The number of amides is 1. The summed E-state index contributed by atoms with van der Waals surface area (Å²) >= 11 is 5.86. The van der Waals surface area contributed by atoms with Crippen molar-refractivity contribution in [3.63, 3.8) is 0 Å². The van der Waals surface area contributed by atoms with Crippen LogP contribution in [-0.2, 0) is 28.8 Å². The van der Waals surface area contributed by atoms with Gasteiger partial charge in [-0.3, -0.25) is 4.79 Å². The zero-order chi connectivity index (χ0) is 23.8. The van der Waals surface area contributed by atoms with Gasteiger partial charge in [0.15, 0.2) is 6.61 Å². The molecule has 33 heavy (non-hydrogen) atoms. The lowest BCUT2D eigenvalue weighted by Crippen LogP contribution is -2.37. The molecule has 0 spiro atoms. The molecule has 2 aromatic carbocycles. The van der Waals surface area contributed by atoms with Crippen molar-refractivity contribution in [1.29, 1.82) is 0 Å². The highest BCUT2D eigenvalue weighted by Gasteiger charge is 2.30. The van der Waals surface area contributed by atoms with Gasteiger partial charge in [-0.2, -0.15) is 13.2 Å². The van der Waals surface area contributed by atoms with Crippen molar-refractivity contribution in [1.82, 2.24) is 9.47 Å². The van der Waals surface area contributed by atoms with E-state index in [0.717, 1.165) is 17.8 Å². The van der Waals surface area contributed by atoms with Gasteiger partial charge in [-0.1, -0.05) is 23.7 Å². The fourth-order valence-electron chi connectivity index (χ4n) is 3.25. The van der Waals surface area contributed by atoms with Crippen molar-refractivity contribution in [2.24, 2.45) is 0 Å². The molecule has 0 aliphatic rings. The Balaban J connectivity index is 1.69. The molecule has 0 bridgehead atoms. The van der Waals surface area contributed by atoms with Gasteiger partial charge in [0.2, 0.25) is 0 Å². The second-order valence-electron chi connectivity index (χ2n) is 7.38. The predicted octanol–water partition coefficient (Wildman–Crippen LogP) is 5.26. The molecule has 1 amide bonds. The van der Waals surface area contributed by atoms with Crippen molar-refractivity contribution >= 4 is 17.5 Å². The van der Waals surface area contributed by atoms with Crippen molar-refractivity contribution in [3.05, 3.63) is 88.7 Å². The Hall–Kier alpha value is -2.97. The molecule has 3 rings (SSSR count). The fraction of sp³-hybridized carbons (Fsp3) is 0.292. The van der Waals surface area contributed by atoms with Crippen LogP contribution in [0.4, 0.5) is 13.2 Å². The second-order valence-corrected chi connectivity index (χ2v) is 7.81. The van der Waals surface area contributed by atoms with E-state index in [2.05, 4.69) is 0 Å². The number of methoxy groups -OCH3 is 1. The van der Waals surface area contributed by atoms with Crippen LogP contribution in [0.25, 0.3) is 0 Å². The number of halogens is 4. The predicted molar refractivity (Wildman–Crippen MR) is 119 cm³/mol. The second kappa shape index (κ2) is 11.2. The molecular weight excluding hydrogens is 457 g/mol. The van der Waals surface area contributed by atoms with Crippen LogP contribution >= 0.6 is 11.6 Å². The molecule has 0 fully saturated rings. The lowest BCUT2D eigenvalue weighted by molar-refractivity contribution is -0.137. The number of hydrogen-bond acceptors (Lipinski definition) is 3. The van der Waals surface area contributed by atoms with Crippen LogP contribution in [0.15, 0.2) is 66.9 Å². The Labute approximate surface area is 195 Å². The van der Waals surface area contributed by atoms with E-state index in [9.17, 15) is 18.0 Å². The summed E-state index contributed by atoms with van der Waals surface area (Å²) in [5.41, 5.74) is 0.608. The lowest BCUT2D eigenvalue weighted by atomic mass is 10.1. The first-order chi connectivity index (χ1) is 15.8. The SMILES string of the molecule is COCCN(Cc1cccn1Cc1cccc(C(F)(F)F)c1)C(=O)COc1ccc(Cl)cc1. The Morgan fingerprint density at radius 1 is 1.09 bits per heavy atom. The van der Waals surface area contributed by atoms with Crippen molar-refractivity contribution in [2.75, 3.05) is 26.9 Å². The number of carbonyl (C=O) groups is 1. The van der Waals surface area contributed by atoms with Gasteiger partial charge in [0.25, 0.3) is 5.91 Å². The van der Waals surface area contributed by atoms with Crippen LogP contribution in [0, 0.1) is 0 Å². The summed E-state index contributed by atoms with van der Waals surface area (Å²) in [5, 5.41) is 0.567. The van der Waals surface area contributed by atoms with Crippen molar-refractivity contribution in [3.8, 4) is 5.75 Å². The van der Waals surface area contributed by atoms with E-state index in [1.54, 1.807) is 54.6 Å². The molecule has 0 unspecified atom stereocenters. The van der Waals surface area contributed by atoms with Crippen LogP contribution in [-0.4, -0.2) is 42.2 Å². The minimum Gasteiger partial charge on any atom is -0.484 e. The first kappa shape index (κ1) is 24.7. The molecule has 1 aromatic heterocycles. The average molecular weight is 481 g/mol. The Morgan fingerprint density at radius 2 is 1.85 bits per heavy atom. The summed E-state index contributed by atoms with van der Waals surface area (Å²) in [6, 6.07) is 15.5. The number of nitrogens with zero attached hydrogens (tertiary/aromatic N) is 2. The summed E-state index contributed by atoms with van der Waals surface area (Å²) in [6.45, 7) is 1.02. The highest BCUT2D eigenvalue weighted by molar-refractivity contribution is 6.30. The first-order valence-corrected chi connectivity index (χ1v) is 10.6. The van der Waals surface area contributed by atoms with Crippen molar-refractivity contribution < 1.29 is 27.4 Å². The molecule has 0 saturated carbocycles. The minimum atomic E-state index is -4.40. The van der Waals surface area contributed by atoms with Gasteiger partial charge in [0, 0.05) is 37.1 Å². The molecule has 0 saturated heterocycles. The van der Waals surface area contributed by atoms with Gasteiger partial charge in [-0.25, -0.2) is 0 Å². The number of ether oxygens (including phenoxy) is 2. The topological polar surface area (TPSA) is 43.7 Å². The van der Waals surface area contributed by atoms with Crippen LogP contribution in [0.1, 0.15) is 16.8 Å². The third kappa shape index (κ3) is 7.27. The lowest BCUT2D eigenvalue weighted by Gasteiger charge is -2.23. The van der Waals surface area contributed by atoms with Crippen LogP contribution in [0.2, 0.25) is 5.02 Å². The molecule has 1 heterocycles. The van der Waals surface area contributed by atoms with Crippen LogP contribution in [0.3, 0.4) is 0 Å². The summed E-state index contributed by atoms with van der Waals surface area (Å²) < 4.78 is 51.6. The van der Waals surface area contributed by atoms with Gasteiger partial charge in [0.05, 0.1) is 18.7 Å². The molecule has 0 atom stereocenters. The first-order valence-electron chi connectivity index (χ1n) is 10.2. The minimum absolute atomic E-state index is 0.167. The number of alkyl halides is 3. The van der Waals surface area contributed by atoms with Gasteiger partial charge in [-0.05, 0) is 54.1 Å². The molecule has 0 aliphatic carbocycles. The summed E-state index contributed by atoms with van der Waals surface area (Å²) in [4.78, 5) is 14.4. The number of benzene rings is 2. The zero-order valence-electron chi connectivity index (χ0n) is 18.0. The van der Waals surface area contributed by atoms with E-state index in [1.165, 1.54) is 6.07 Å². The van der Waals surface area contributed by atoms with E-state index < -0.39 is 11.7 Å². The monoisotopic (exact) mass is 480 g/mol. The maximum Gasteiger partial charge on any atom is 0.416 e. The van der Waals surface area contributed by atoms with Gasteiger partial charge >= 0.3 is 6.18 Å². The van der Waals surface area contributed by atoms with Gasteiger partial charge in [-0.15, -0.1) is 0 Å². The van der Waals surface area contributed by atoms with Crippen LogP contribution < -0.4 is 4.74 Å². The van der Waals surface area contributed by atoms with E-state index in [0.29, 0.717) is 29.5 Å². The highest BCUT2D eigenvalue weighted by atomic mass is 35.5. The van der Waals surface area contributed by atoms with E-state index >= 15 is 0 Å². The average Bonchev–Trinajstić information content (AvgIpc) is 3.22. The van der Waals surface area contributed by atoms with Crippen LogP contribution in [0.5, 0.6) is 5.75 Å². The molecule has 176 valence electrons. The third-order valence-corrected chi connectivity index (χ3v) is 5.23. The Kier molecular flexibility index (Phi) is 8.41. The smallest absolute Gasteiger partial charge is 0.416 e. The van der Waals surface area contributed by atoms with Gasteiger partial charge in [0.1, 0.15) is 5.75 Å². The van der Waals surface area contributed by atoms with Gasteiger partial charge < -0.3 is 18.9 Å². The van der Waals surface area contributed by atoms with E-state index in [4.69, 9.17) is 21.1 Å². The molecule has 0 radical (unpaired) electrons. The Bertz CT molecular complexity index is 1050. The molecule has 3 aromatic rings. The Morgan fingerprint density at radius 3 is 2.55 bits per heavy atom. The standard InChI is InChI=1S/C24H24ClF3N2O3/c1-32-13-12-30(23(31)17-33-22-9-7-20(25)8-10-22)16-21-6-3-11-29(21)15-18-4-2-5-19(14-18)24(26,27)28/h2-11,14H,12-13,15-17H2,1H3. The number of carbonyl (C=O) groups excluding carboxylic acids is 1. The third-order valence-electron chi connectivity index (χ3n) is 4.98. The largest absolute Gasteiger partial charge is 0.484 e. The van der Waals surface area contributed by atoms with E-state index in [-0.39, 0.29) is 25.6 Å².